The molecule has 2 aromatic carbocycles. The van der Waals surface area contributed by atoms with Crippen molar-refractivity contribution in [3.8, 4) is 11.3 Å². The van der Waals surface area contributed by atoms with Crippen molar-refractivity contribution in [2.75, 3.05) is 5.32 Å². The van der Waals surface area contributed by atoms with Crippen LogP contribution in [0.2, 0.25) is 5.02 Å². The zero-order chi connectivity index (χ0) is 25.2. The molecule has 1 aliphatic heterocycles. The maximum atomic E-state index is 13.7. The van der Waals surface area contributed by atoms with Crippen LogP contribution in [0.15, 0.2) is 70.0 Å². The van der Waals surface area contributed by atoms with Crippen molar-refractivity contribution in [1.82, 2.24) is 4.90 Å². The largest absolute Gasteiger partial charge is 0.457 e. The molecule has 9 heteroatoms. The first-order valence-corrected chi connectivity index (χ1v) is 13.2. The molecule has 1 aromatic heterocycles. The molecule has 1 aliphatic carbocycles. The fourth-order valence-electron chi connectivity index (χ4n) is 4.89. The van der Waals surface area contributed by atoms with Gasteiger partial charge in [0, 0.05) is 29.4 Å². The van der Waals surface area contributed by atoms with Crippen LogP contribution in [-0.4, -0.2) is 27.3 Å². The van der Waals surface area contributed by atoms with E-state index in [2.05, 4.69) is 12.2 Å². The number of hydrogen-bond acceptors (Lipinski definition) is 6. The summed E-state index contributed by atoms with van der Waals surface area (Å²) in [5.74, 6) is 1.40. The molecule has 5 rings (SSSR count). The van der Waals surface area contributed by atoms with E-state index in [0.717, 1.165) is 24.9 Å². The Hall–Kier alpha value is -3.23. The van der Waals surface area contributed by atoms with E-state index in [1.54, 1.807) is 24.3 Å². The second-order valence-corrected chi connectivity index (χ2v) is 10.7. The number of nitrogens with one attached hydrogen (secondary N) is 1. The van der Waals surface area contributed by atoms with Crippen molar-refractivity contribution < 1.29 is 14.1 Å². The molecule has 186 valence electrons. The van der Waals surface area contributed by atoms with E-state index < -0.39 is 4.92 Å². The average molecular weight is 524 g/mol. The molecule has 2 heterocycles. The molecule has 1 saturated heterocycles. The topological polar surface area (TPSA) is 88.6 Å². The summed E-state index contributed by atoms with van der Waals surface area (Å²) >= 11 is 7.43. The number of nitro benzene ring substituents is 1. The smallest absolute Gasteiger partial charge is 0.288 e. The Kier molecular flexibility index (Phi) is 7.07. The number of nitro groups is 1. The number of halogens is 1. The third-order valence-corrected chi connectivity index (χ3v) is 8.19. The molecule has 3 atom stereocenters. The van der Waals surface area contributed by atoms with Crippen molar-refractivity contribution in [3.63, 3.8) is 0 Å². The normalized spacial score (nSPS) is 23.3. The van der Waals surface area contributed by atoms with Crippen molar-refractivity contribution in [2.45, 2.75) is 44.1 Å². The molecule has 36 heavy (non-hydrogen) atoms. The second kappa shape index (κ2) is 10.4. The lowest BCUT2D eigenvalue weighted by atomic mass is 9.85. The Morgan fingerprint density at radius 3 is 2.67 bits per heavy atom. The highest BCUT2D eigenvalue weighted by molar-refractivity contribution is 8.05. The van der Waals surface area contributed by atoms with Gasteiger partial charge in [0.15, 0.2) is 5.50 Å². The summed E-state index contributed by atoms with van der Waals surface area (Å²) in [5.41, 5.74) is 1.11. The molecular weight excluding hydrogens is 498 g/mol. The molecular formula is C27H26ClN3O4S. The van der Waals surface area contributed by atoms with E-state index in [-0.39, 0.29) is 28.2 Å². The third-order valence-electron chi connectivity index (χ3n) is 6.75. The molecule has 1 unspecified atom stereocenters. The first-order valence-electron chi connectivity index (χ1n) is 12.0. The molecule has 7 nitrogen and oxygen atoms in total. The zero-order valence-corrected chi connectivity index (χ0v) is 21.3. The van der Waals surface area contributed by atoms with Crippen molar-refractivity contribution >= 4 is 46.7 Å². The van der Waals surface area contributed by atoms with Gasteiger partial charge in [0.2, 0.25) is 0 Å². The maximum Gasteiger partial charge on any atom is 0.288 e. The molecule has 2 aliphatic rings. The fraction of sp³-hybridized carbons (Fsp3) is 0.296. The van der Waals surface area contributed by atoms with Crippen LogP contribution in [0.25, 0.3) is 17.4 Å². The van der Waals surface area contributed by atoms with Crippen LogP contribution in [0.5, 0.6) is 0 Å². The zero-order valence-electron chi connectivity index (χ0n) is 19.7. The van der Waals surface area contributed by atoms with Crippen LogP contribution >= 0.6 is 23.4 Å². The minimum atomic E-state index is -0.522. The molecule has 0 spiro atoms. The Morgan fingerprint density at radius 2 is 1.92 bits per heavy atom. The van der Waals surface area contributed by atoms with E-state index in [9.17, 15) is 14.9 Å². The monoisotopic (exact) mass is 523 g/mol. The highest BCUT2D eigenvalue weighted by Gasteiger charge is 2.43. The summed E-state index contributed by atoms with van der Waals surface area (Å²) < 4.78 is 5.96. The highest BCUT2D eigenvalue weighted by atomic mass is 35.5. The van der Waals surface area contributed by atoms with Crippen LogP contribution in [0.3, 0.4) is 0 Å². The van der Waals surface area contributed by atoms with Gasteiger partial charge in [-0.05, 0) is 55.2 Å². The van der Waals surface area contributed by atoms with E-state index in [4.69, 9.17) is 16.0 Å². The van der Waals surface area contributed by atoms with Gasteiger partial charge < -0.3 is 14.6 Å². The lowest BCUT2D eigenvalue weighted by Gasteiger charge is -2.39. The number of benzene rings is 2. The van der Waals surface area contributed by atoms with E-state index in [0.29, 0.717) is 27.9 Å². The summed E-state index contributed by atoms with van der Waals surface area (Å²) in [5, 5.41) is 14.9. The maximum absolute atomic E-state index is 13.7. The highest BCUT2D eigenvalue weighted by Crippen LogP contribution is 2.42. The van der Waals surface area contributed by atoms with Gasteiger partial charge >= 0.3 is 0 Å². The number of nitrogens with zero attached hydrogens (tertiary/aromatic N) is 2. The van der Waals surface area contributed by atoms with Crippen LogP contribution < -0.4 is 5.32 Å². The fourth-order valence-corrected chi connectivity index (χ4v) is 6.27. The number of amides is 1. The quantitative estimate of drug-likeness (QED) is 0.206. The Bertz CT molecular complexity index is 1310. The van der Waals surface area contributed by atoms with E-state index >= 15 is 0 Å². The van der Waals surface area contributed by atoms with Crippen molar-refractivity contribution in [3.05, 3.63) is 86.5 Å². The standard InChI is InChI=1S/C27H26ClN3O4S/c1-17-7-5-6-10-22(17)30-26(32)25(36-27(30)29-19-8-3-2-4-9-19)16-20-12-14-24(35-20)18-11-13-21(28)23(15-18)31(33)34/h2-4,8-9,11-17,22,27,29H,5-7,10H2,1H3/b25-16-/t17-,22-,27?/m0/s1. The molecule has 3 aromatic rings. The van der Waals surface area contributed by atoms with Gasteiger partial charge in [-0.25, -0.2) is 0 Å². The Labute approximate surface area is 218 Å². The second-order valence-electron chi connectivity index (χ2n) is 9.16. The first kappa shape index (κ1) is 24.5. The van der Waals surface area contributed by atoms with Gasteiger partial charge in [-0.3, -0.25) is 14.9 Å². The SMILES string of the molecule is C[C@H]1CCCC[C@@H]1N1C(=O)/C(=C/c2ccc(-c3ccc(Cl)c([N+](=O)[O-])c3)o2)SC1Nc1ccccc1. The number of furan rings is 1. The summed E-state index contributed by atoms with van der Waals surface area (Å²) in [6, 6.07) is 18.1. The number of para-hydroxylation sites is 1. The predicted octanol–water partition coefficient (Wildman–Crippen LogP) is 7.40. The van der Waals surface area contributed by atoms with Crippen LogP contribution in [0.4, 0.5) is 11.4 Å². The lowest BCUT2D eigenvalue weighted by Crippen LogP contribution is -2.48. The number of hydrogen-bond donors (Lipinski definition) is 1. The van der Waals surface area contributed by atoms with Gasteiger partial charge in [-0.15, -0.1) is 0 Å². The van der Waals surface area contributed by atoms with Crippen molar-refractivity contribution in [2.24, 2.45) is 5.92 Å². The summed E-state index contributed by atoms with van der Waals surface area (Å²) in [7, 11) is 0. The van der Waals surface area contributed by atoms with Crippen LogP contribution in [0.1, 0.15) is 38.4 Å². The molecule has 1 amide bonds. The minimum absolute atomic E-state index is 0.00716. The molecule has 1 saturated carbocycles. The predicted molar refractivity (Wildman–Crippen MR) is 143 cm³/mol. The van der Waals surface area contributed by atoms with Gasteiger partial charge in [-0.2, -0.15) is 0 Å². The summed E-state index contributed by atoms with van der Waals surface area (Å²) in [4.78, 5) is 27.0. The third kappa shape index (κ3) is 5.01. The number of anilines is 1. The summed E-state index contributed by atoms with van der Waals surface area (Å²) in [6.45, 7) is 2.23. The molecule has 0 radical (unpaired) electrons. The molecule has 0 bridgehead atoms. The van der Waals surface area contributed by atoms with Gasteiger partial charge in [0.1, 0.15) is 16.5 Å². The van der Waals surface area contributed by atoms with Gasteiger partial charge in [0.05, 0.1) is 9.83 Å². The van der Waals surface area contributed by atoms with Crippen molar-refractivity contribution in [1.29, 1.82) is 0 Å². The van der Waals surface area contributed by atoms with E-state index in [1.807, 2.05) is 35.2 Å². The van der Waals surface area contributed by atoms with Crippen LogP contribution in [-0.2, 0) is 4.79 Å². The minimum Gasteiger partial charge on any atom is -0.457 e. The first-order chi connectivity index (χ1) is 17.4. The number of rotatable bonds is 6. The number of carbonyl (C=O) groups is 1. The van der Waals surface area contributed by atoms with Crippen LogP contribution in [0, 0.1) is 16.0 Å². The average Bonchev–Trinajstić information content (AvgIpc) is 3.45. The lowest BCUT2D eigenvalue weighted by molar-refractivity contribution is -0.384. The molecule has 1 N–H and O–H groups in total. The summed E-state index contributed by atoms with van der Waals surface area (Å²) in [6.07, 6.45) is 6.19. The molecule has 2 fully saturated rings. The number of thioether (sulfide) groups is 1. The Balaban J connectivity index is 1.43. The Morgan fingerprint density at radius 1 is 1.14 bits per heavy atom. The van der Waals surface area contributed by atoms with Gasteiger partial charge in [0.25, 0.3) is 11.6 Å². The van der Waals surface area contributed by atoms with Gasteiger partial charge in [-0.1, -0.05) is 61.3 Å². The van der Waals surface area contributed by atoms with E-state index in [1.165, 1.54) is 30.3 Å². The number of carbonyl (C=O) groups excluding carboxylic acids is 1.